The number of nitrogens with one attached hydrogen (secondary N) is 1. The highest BCUT2D eigenvalue weighted by molar-refractivity contribution is 5.30. The van der Waals surface area contributed by atoms with Crippen LogP contribution in [0.15, 0.2) is 18.2 Å². The van der Waals surface area contributed by atoms with Crippen LogP contribution >= 0.6 is 0 Å². The van der Waals surface area contributed by atoms with Crippen molar-refractivity contribution in [2.24, 2.45) is 5.84 Å². The number of hydrogen-bond acceptors (Lipinski definition) is 3. The maximum atomic E-state index is 5.61. The summed E-state index contributed by atoms with van der Waals surface area (Å²) in [5.74, 6) is 5.61. The zero-order valence-corrected chi connectivity index (χ0v) is 11.1. The molecular weight excluding hydrogens is 212 g/mol. The van der Waals surface area contributed by atoms with Gasteiger partial charge in [0.05, 0.1) is 0 Å². The SMILES string of the molecule is CCCOCCC(NN)c1cc(C)cc(C)c1. The molecule has 0 aliphatic heterocycles. The Morgan fingerprint density at radius 1 is 1.18 bits per heavy atom. The van der Waals surface area contributed by atoms with Crippen molar-refractivity contribution in [3.05, 3.63) is 34.9 Å². The Bertz CT molecular complexity index is 319. The predicted octanol–water partition coefficient (Wildman–Crippen LogP) is 2.62. The molecule has 3 heteroatoms. The first-order chi connectivity index (χ1) is 8.17. The van der Waals surface area contributed by atoms with Crippen molar-refractivity contribution in [1.29, 1.82) is 0 Å². The van der Waals surface area contributed by atoms with Crippen LogP contribution in [0, 0.1) is 13.8 Å². The van der Waals surface area contributed by atoms with Crippen LogP contribution in [-0.2, 0) is 4.74 Å². The number of rotatable bonds is 7. The van der Waals surface area contributed by atoms with Crippen LogP contribution in [-0.4, -0.2) is 13.2 Å². The topological polar surface area (TPSA) is 47.3 Å². The van der Waals surface area contributed by atoms with Crippen LogP contribution in [0.4, 0.5) is 0 Å². The van der Waals surface area contributed by atoms with Gasteiger partial charge in [-0.1, -0.05) is 36.2 Å². The molecule has 0 bridgehead atoms. The molecule has 96 valence electrons. The molecule has 0 aromatic heterocycles. The number of aryl methyl sites for hydroxylation is 2. The Balaban J connectivity index is 2.59. The quantitative estimate of drug-likeness (QED) is 0.434. The number of benzene rings is 1. The van der Waals surface area contributed by atoms with E-state index in [2.05, 4.69) is 44.4 Å². The molecule has 0 heterocycles. The van der Waals surface area contributed by atoms with Gasteiger partial charge in [0, 0.05) is 19.3 Å². The summed E-state index contributed by atoms with van der Waals surface area (Å²) in [4.78, 5) is 0. The molecule has 0 aliphatic carbocycles. The second kappa shape index (κ2) is 7.43. The highest BCUT2D eigenvalue weighted by atomic mass is 16.5. The van der Waals surface area contributed by atoms with E-state index < -0.39 is 0 Å². The standard InChI is InChI=1S/C14H24N2O/c1-4-6-17-7-5-14(16-15)13-9-11(2)8-12(3)10-13/h8-10,14,16H,4-7,15H2,1-3H3. The summed E-state index contributed by atoms with van der Waals surface area (Å²) in [5.41, 5.74) is 6.66. The van der Waals surface area contributed by atoms with Gasteiger partial charge in [0.25, 0.3) is 0 Å². The normalized spacial score (nSPS) is 12.7. The minimum atomic E-state index is 0.172. The van der Waals surface area contributed by atoms with E-state index in [1.807, 2.05) is 0 Å². The maximum Gasteiger partial charge on any atom is 0.0484 e. The number of hydrogen-bond donors (Lipinski definition) is 2. The molecule has 0 saturated heterocycles. The lowest BCUT2D eigenvalue weighted by atomic mass is 10.00. The lowest BCUT2D eigenvalue weighted by Gasteiger charge is -2.17. The molecule has 3 nitrogen and oxygen atoms in total. The van der Waals surface area contributed by atoms with Crippen molar-refractivity contribution in [2.75, 3.05) is 13.2 Å². The summed E-state index contributed by atoms with van der Waals surface area (Å²) >= 11 is 0. The van der Waals surface area contributed by atoms with Crippen LogP contribution < -0.4 is 11.3 Å². The fourth-order valence-corrected chi connectivity index (χ4v) is 2.00. The van der Waals surface area contributed by atoms with Gasteiger partial charge in [-0.2, -0.15) is 0 Å². The first kappa shape index (κ1) is 14.2. The molecule has 1 rings (SSSR count). The summed E-state index contributed by atoms with van der Waals surface area (Å²) in [5, 5.41) is 0. The molecule has 0 amide bonds. The Kier molecular flexibility index (Phi) is 6.19. The molecule has 0 spiro atoms. The van der Waals surface area contributed by atoms with Gasteiger partial charge < -0.3 is 4.74 Å². The van der Waals surface area contributed by atoms with E-state index in [9.17, 15) is 0 Å². The third-order valence-corrected chi connectivity index (χ3v) is 2.75. The summed E-state index contributed by atoms with van der Waals surface area (Å²) < 4.78 is 5.50. The second-order valence-corrected chi connectivity index (χ2v) is 4.54. The molecule has 0 radical (unpaired) electrons. The molecule has 0 fully saturated rings. The van der Waals surface area contributed by atoms with E-state index in [-0.39, 0.29) is 6.04 Å². The van der Waals surface area contributed by atoms with E-state index in [0.717, 1.165) is 26.1 Å². The Morgan fingerprint density at radius 2 is 1.82 bits per heavy atom. The lowest BCUT2D eigenvalue weighted by Crippen LogP contribution is -2.29. The van der Waals surface area contributed by atoms with Gasteiger partial charge in [0.1, 0.15) is 0 Å². The van der Waals surface area contributed by atoms with Gasteiger partial charge in [-0.15, -0.1) is 0 Å². The van der Waals surface area contributed by atoms with Crippen molar-refractivity contribution < 1.29 is 4.74 Å². The van der Waals surface area contributed by atoms with E-state index >= 15 is 0 Å². The number of nitrogens with two attached hydrogens (primary N) is 1. The number of ether oxygens (including phenoxy) is 1. The third kappa shape index (κ3) is 4.86. The average molecular weight is 236 g/mol. The highest BCUT2D eigenvalue weighted by Gasteiger charge is 2.10. The van der Waals surface area contributed by atoms with Gasteiger partial charge in [-0.3, -0.25) is 11.3 Å². The van der Waals surface area contributed by atoms with E-state index in [0.29, 0.717) is 0 Å². The van der Waals surface area contributed by atoms with Gasteiger partial charge in [-0.25, -0.2) is 0 Å². The highest BCUT2D eigenvalue weighted by Crippen LogP contribution is 2.19. The molecule has 0 saturated carbocycles. The van der Waals surface area contributed by atoms with Gasteiger partial charge in [-0.05, 0) is 32.3 Å². The first-order valence-corrected chi connectivity index (χ1v) is 6.29. The average Bonchev–Trinajstić information content (AvgIpc) is 2.28. The summed E-state index contributed by atoms with van der Waals surface area (Å²) in [6.45, 7) is 7.90. The molecule has 0 aliphatic rings. The Hall–Kier alpha value is -0.900. The van der Waals surface area contributed by atoms with E-state index in [1.165, 1.54) is 16.7 Å². The van der Waals surface area contributed by atoms with Crippen LogP contribution in [0.1, 0.15) is 42.5 Å². The molecular formula is C14H24N2O. The maximum absolute atomic E-state index is 5.61. The largest absolute Gasteiger partial charge is 0.381 e. The first-order valence-electron chi connectivity index (χ1n) is 6.29. The van der Waals surface area contributed by atoms with Crippen molar-refractivity contribution in [2.45, 2.75) is 39.7 Å². The van der Waals surface area contributed by atoms with Crippen molar-refractivity contribution >= 4 is 0 Å². The zero-order valence-electron chi connectivity index (χ0n) is 11.1. The van der Waals surface area contributed by atoms with Crippen LogP contribution in [0.25, 0.3) is 0 Å². The minimum Gasteiger partial charge on any atom is -0.381 e. The molecule has 1 atom stereocenters. The molecule has 3 N–H and O–H groups in total. The molecule has 1 unspecified atom stereocenters. The zero-order chi connectivity index (χ0) is 12.7. The van der Waals surface area contributed by atoms with Gasteiger partial charge >= 0.3 is 0 Å². The second-order valence-electron chi connectivity index (χ2n) is 4.54. The van der Waals surface area contributed by atoms with Crippen molar-refractivity contribution in [3.63, 3.8) is 0 Å². The molecule has 1 aromatic carbocycles. The van der Waals surface area contributed by atoms with Gasteiger partial charge in [0.2, 0.25) is 0 Å². The fourth-order valence-electron chi connectivity index (χ4n) is 2.00. The summed E-state index contributed by atoms with van der Waals surface area (Å²) in [6.07, 6.45) is 1.96. The van der Waals surface area contributed by atoms with E-state index in [1.54, 1.807) is 0 Å². The Morgan fingerprint density at radius 3 is 2.35 bits per heavy atom. The van der Waals surface area contributed by atoms with Gasteiger partial charge in [0.15, 0.2) is 0 Å². The minimum absolute atomic E-state index is 0.172. The number of hydrazine groups is 1. The van der Waals surface area contributed by atoms with E-state index in [4.69, 9.17) is 10.6 Å². The molecule has 17 heavy (non-hydrogen) atoms. The lowest BCUT2D eigenvalue weighted by molar-refractivity contribution is 0.124. The fraction of sp³-hybridized carbons (Fsp3) is 0.571. The monoisotopic (exact) mass is 236 g/mol. The van der Waals surface area contributed by atoms with Crippen LogP contribution in [0.5, 0.6) is 0 Å². The Labute approximate surface area is 104 Å². The predicted molar refractivity (Wildman–Crippen MR) is 71.7 cm³/mol. The van der Waals surface area contributed by atoms with Crippen LogP contribution in [0.2, 0.25) is 0 Å². The van der Waals surface area contributed by atoms with Crippen molar-refractivity contribution in [1.82, 2.24) is 5.43 Å². The smallest absolute Gasteiger partial charge is 0.0484 e. The van der Waals surface area contributed by atoms with Crippen LogP contribution in [0.3, 0.4) is 0 Å². The molecule has 1 aromatic rings. The van der Waals surface area contributed by atoms with Crippen molar-refractivity contribution in [3.8, 4) is 0 Å². The summed E-state index contributed by atoms with van der Waals surface area (Å²) in [6, 6.07) is 6.70. The summed E-state index contributed by atoms with van der Waals surface area (Å²) in [7, 11) is 0. The third-order valence-electron chi connectivity index (χ3n) is 2.75.